The molecule has 0 rings (SSSR count). The van der Waals surface area contributed by atoms with Crippen LogP contribution in [0.5, 0.6) is 0 Å². The molecular weight excluding hydrogens is 180 g/mol. The quantitative estimate of drug-likeness (QED) is 0.0934. The van der Waals surface area contributed by atoms with Crippen molar-refractivity contribution in [2.45, 2.75) is 0 Å². The third-order valence-electron chi connectivity index (χ3n) is 0. The second-order valence-corrected chi connectivity index (χ2v) is 1.61. The normalized spacial score (nSPS) is 8.55. The van der Waals surface area contributed by atoms with Crippen LogP contribution in [0.1, 0.15) is 0 Å². The second kappa shape index (κ2) is 12.3. The summed E-state index contributed by atoms with van der Waals surface area (Å²) < 4.78 is 34.1. The molecule has 0 radical (unpaired) electrons. The van der Waals surface area contributed by atoms with Crippen molar-refractivity contribution in [3.8, 4) is 0 Å². The van der Waals surface area contributed by atoms with E-state index < -0.39 is 10.4 Å². The summed E-state index contributed by atoms with van der Waals surface area (Å²) in [6.07, 6.45) is 0. The van der Waals surface area contributed by atoms with Gasteiger partial charge in [-0.2, -0.15) is 34.4 Å². The number of nitrogens with two attached hydrogens (primary N) is 6. The van der Waals surface area contributed by atoms with Crippen molar-refractivity contribution in [1.82, 2.24) is 0 Å². The number of hydrogen-bond donors (Lipinski definition) is 6. The lowest BCUT2D eigenvalue weighted by Gasteiger charge is -2.06. The Morgan fingerprint density at radius 2 is 0.909 bits per heavy atom. The zero-order valence-electron chi connectivity index (χ0n) is 5.51. The molecule has 0 amide bonds. The fraction of sp³-hybridized carbons (Fsp3) is 0. The smallest absolute Gasteiger partial charge is 0.0311 e. The Hall–Kier alpha value is -0.370. The standard InChI is InChI=1S/2H5N3.H2O4S/c2*1-3-2;1-5(2,3)4/h2*3H,1-2H2;(H2,1,2,3,4). The first kappa shape index (κ1) is 16.9. The number of hydrogen-bond acceptors (Lipinski definition) is 8. The summed E-state index contributed by atoms with van der Waals surface area (Å²) in [4.78, 5) is 0. The first-order chi connectivity index (χ1) is 4.83. The van der Waals surface area contributed by atoms with Gasteiger partial charge in [0.05, 0.1) is 0 Å². The van der Waals surface area contributed by atoms with Crippen LogP contribution in [0.3, 0.4) is 0 Å². The molecule has 0 saturated heterocycles. The molecule has 0 fully saturated rings. The lowest BCUT2D eigenvalue weighted by molar-refractivity contribution is -0.680. The van der Waals surface area contributed by atoms with Crippen LogP contribution in [-0.4, -0.2) is 17.5 Å². The van der Waals surface area contributed by atoms with Gasteiger partial charge < -0.3 is 9.11 Å². The van der Waals surface area contributed by atoms with Gasteiger partial charge in [-0.15, -0.1) is 0 Å². The van der Waals surface area contributed by atoms with Crippen LogP contribution in [0.25, 0.3) is 0 Å². The maximum atomic E-state index is 8.52. The minimum absolute atomic E-state index is 1.00. The molecule has 11 heteroatoms. The van der Waals surface area contributed by atoms with Gasteiger partial charge in [0.2, 0.25) is 0 Å². The molecule has 0 aliphatic carbocycles. The van der Waals surface area contributed by atoms with E-state index in [9.17, 15) is 0 Å². The molecule has 0 spiro atoms. The third kappa shape index (κ3) is 4100. The molecule has 0 aromatic heterocycles. The predicted octanol–water partition coefficient (Wildman–Crippen LogP) is -6.74. The fourth-order valence-electron chi connectivity index (χ4n) is 0. The van der Waals surface area contributed by atoms with Gasteiger partial charge in [-0.05, 0) is 0 Å². The van der Waals surface area contributed by atoms with Crippen LogP contribution in [0.2, 0.25) is 0 Å². The van der Waals surface area contributed by atoms with Gasteiger partial charge in [0.15, 0.2) is 0 Å². The Bertz CT molecular complexity index is 118. The van der Waals surface area contributed by atoms with Crippen LogP contribution in [0.4, 0.5) is 0 Å². The summed E-state index contributed by atoms with van der Waals surface area (Å²) >= 11 is 0. The van der Waals surface area contributed by atoms with Crippen molar-refractivity contribution in [2.75, 3.05) is 0 Å². The Labute approximate surface area is 63.4 Å². The molecule has 0 unspecified atom stereocenters. The van der Waals surface area contributed by atoms with Crippen LogP contribution >= 0.6 is 0 Å². The lowest BCUT2D eigenvalue weighted by atomic mass is 12.6. The first-order valence-corrected chi connectivity index (χ1v) is 3.33. The molecule has 10 nitrogen and oxygen atoms in total. The van der Waals surface area contributed by atoms with Gasteiger partial charge in [-0.3, -0.25) is 8.42 Å². The molecule has 12 N–H and O–H groups in total. The van der Waals surface area contributed by atoms with Gasteiger partial charge in [0.1, 0.15) is 0 Å². The van der Waals surface area contributed by atoms with E-state index in [2.05, 4.69) is 23.4 Å². The van der Waals surface area contributed by atoms with Gasteiger partial charge in [0.25, 0.3) is 0 Å². The third-order valence-corrected chi connectivity index (χ3v) is 0. The lowest BCUT2D eigenvalue weighted by Crippen LogP contribution is -2.97. The van der Waals surface area contributed by atoms with Crippen molar-refractivity contribution in [3.63, 3.8) is 0 Å². The Balaban J connectivity index is -0.0000000933. The topological polar surface area (TPSA) is 218 Å². The maximum absolute atomic E-state index is 8.52. The van der Waals surface area contributed by atoms with Gasteiger partial charge in [-0.25, -0.2) is 0 Å². The highest BCUT2D eigenvalue weighted by Gasteiger charge is 1.49. The largest absolute Gasteiger partial charge is 0.759 e. The second-order valence-electron chi connectivity index (χ2n) is 0.793. The van der Waals surface area contributed by atoms with E-state index in [0.29, 0.717) is 0 Å². The van der Waals surface area contributed by atoms with Crippen LogP contribution in [0, 0.1) is 0 Å². The van der Waals surface area contributed by atoms with Crippen molar-refractivity contribution < 1.29 is 28.6 Å². The highest BCUT2D eigenvalue weighted by Crippen LogP contribution is 1.57. The minimum Gasteiger partial charge on any atom is -0.759 e. The summed E-state index contributed by atoms with van der Waals surface area (Å²) in [6, 6.07) is 0. The molecular formula is H12N6O4S. The molecule has 0 aliphatic heterocycles. The molecule has 0 saturated carbocycles. The average Bonchev–Trinajstić information content (AvgIpc) is 1.62. The van der Waals surface area contributed by atoms with E-state index >= 15 is 0 Å². The fourth-order valence-corrected chi connectivity index (χ4v) is 0. The SMILES string of the molecule is N[NH2+]N.N[NH2+]N.O=S(=O)([O-])[O-]. The number of rotatable bonds is 0. The summed E-state index contributed by atoms with van der Waals surface area (Å²) in [6.45, 7) is 0. The van der Waals surface area contributed by atoms with Crippen molar-refractivity contribution in [3.05, 3.63) is 0 Å². The van der Waals surface area contributed by atoms with E-state index in [0.717, 1.165) is 11.1 Å². The van der Waals surface area contributed by atoms with E-state index in [4.69, 9.17) is 17.5 Å². The Morgan fingerprint density at radius 3 is 0.909 bits per heavy atom. The zero-order valence-corrected chi connectivity index (χ0v) is 6.32. The van der Waals surface area contributed by atoms with Crippen LogP contribution in [0.15, 0.2) is 0 Å². The van der Waals surface area contributed by atoms with Crippen LogP contribution in [-0.2, 0) is 10.4 Å². The van der Waals surface area contributed by atoms with Crippen molar-refractivity contribution >= 4 is 10.4 Å². The Kier molecular flexibility index (Phi) is 19.0. The van der Waals surface area contributed by atoms with Crippen LogP contribution < -0.4 is 34.4 Å². The van der Waals surface area contributed by atoms with Crippen molar-refractivity contribution in [2.24, 2.45) is 23.4 Å². The van der Waals surface area contributed by atoms with E-state index in [1.165, 1.54) is 0 Å². The molecule has 0 aromatic carbocycles. The minimum atomic E-state index is -5.17. The van der Waals surface area contributed by atoms with E-state index in [1.807, 2.05) is 0 Å². The molecule has 0 aromatic rings. The summed E-state index contributed by atoms with van der Waals surface area (Å²) in [5.41, 5.74) is 2.00. The van der Waals surface area contributed by atoms with E-state index in [-0.39, 0.29) is 0 Å². The average molecular weight is 192 g/mol. The van der Waals surface area contributed by atoms with Gasteiger partial charge in [0, 0.05) is 10.4 Å². The highest BCUT2D eigenvalue weighted by atomic mass is 32.3. The molecule has 0 heterocycles. The summed E-state index contributed by atoms with van der Waals surface area (Å²) in [7, 11) is -5.17. The monoisotopic (exact) mass is 192 g/mol. The first-order valence-electron chi connectivity index (χ1n) is 2.00. The molecule has 0 aliphatic rings. The summed E-state index contributed by atoms with van der Waals surface area (Å²) in [5, 5.41) is 0. The van der Waals surface area contributed by atoms with Gasteiger partial charge >= 0.3 is 0 Å². The molecule has 11 heavy (non-hydrogen) atoms. The van der Waals surface area contributed by atoms with Crippen molar-refractivity contribution in [1.29, 1.82) is 0 Å². The molecule has 0 bridgehead atoms. The number of quaternary nitrogens is 2. The Morgan fingerprint density at radius 1 is 0.909 bits per heavy atom. The molecule has 72 valence electrons. The maximum Gasteiger partial charge on any atom is 0.0311 e. The zero-order chi connectivity index (χ0) is 9.91. The highest BCUT2D eigenvalue weighted by molar-refractivity contribution is 7.79. The van der Waals surface area contributed by atoms with Gasteiger partial charge in [-0.1, -0.05) is 0 Å². The van der Waals surface area contributed by atoms with E-state index in [1.54, 1.807) is 0 Å². The summed E-state index contributed by atoms with van der Waals surface area (Å²) in [5.74, 6) is 18.0. The molecule has 0 atom stereocenters. The predicted molar refractivity (Wildman–Crippen MR) is 31.1 cm³/mol.